The minimum absolute atomic E-state index is 0.146. The zero-order chi connectivity index (χ0) is 32.8. The van der Waals surface area contributed by atoms with Gasteiger partial charge in [-0.2, -0.15) is 0 Å². The molecule has 0 aromatic heterocycles. The van der Waals surface area contributed by atoms with Gasteiger partial charge in [-0.1, -0.05) is 90.4 Å². The van der Waals surface area contributed by atoms with E-state index in [1.165, 1.54) is 65.6 Å². The number of anilines is 2. The third-order valence-electron chi connectivity index (χ3n) is 9.56. The SMILES string of the molecule is CN(C)c1ccc(C#Cc2ccc3ccc4ccc5ccc6ccc7c(c6c5c4c3c2)CC(C#Cc2ccc(N(C)C)cc2)C=C7)cc1. The second-order valence-corrected chi connectivity index (χ2v) is 13.1. The molecule has 0 radical (unpaired) electrons. The maximum Gasteiger partial charge on any atom is 0.0430 e. The summed E-state index contributed by atoms with van der Waals surface area (Å²) in [7, 11) is 8.23. The highest BCUT2D eigenvalue weighted by molar-refractivity contribution is 6.28. The van der Waals surface area contributed by atoms with E-state index in [-0.39, 0.29) is 5.92 Å². The first-order valence-electron chi connectivity index (χ1n) is 16.5. The zero-order valence-corrected chi connectivity index (χ0v) is 27.8. The lowest BCUT2D eigenvalue weighted by Crippen LogP contribution is -2.08. The second kappa shape index (κ2) is 12.0. The van der Waals surface area contributed by atoms with E-state index < -0.39 is 0 Å². The van der Waals surface area contributed by atoms with Crippen LogP contribution in [0.1, 0.15) is 27.8 Å². The molecule has 48 heavy (non-hydrogen) atoms. The Morgan fingerprint density at radius 3 is 1.65 bits per heavy atom. The van der Waals surface area contributed by atoms with Crippen LogP contribution in [-0.4, -0.2) is 28.2 Å². The van der Waals surface area contributed by atoms with E-state index in [0.29, 0.717) is 0 Å². The molecule has 230 valence electrons. The molecule has 2 heteroatoms. The van der Waals surface area contributed by atoms with Crippen molar-refractivity contribution in [1.29, 1.82) is 0 Å². The molecule has 0 spiro atoms. The summed E-state index contributed by atoms with van der Waals surface area (Å²) in [5.41, 5.74) is 8.09. The molecular formula is C46H36N2. The van der Waals surface area contributed by atoms with Crippen molar-refractivity contribution in [2.24, 2.45) is 5.92 Å². The van der Waals surface area contributed by atoms with Gasteiger partial charge in [0.05, 0.1) is 0 Å². The number of fused-ring (bicyclic) bond motifs is 9. The van der Waals surface area contributed by atoms with Gasteiger partial charge < -0.3 is 9.80 Å². The Morgan fingerprint density at radius 1 is 0.500 bits per heavy atom. The fourth-order valence-corrected chi connectivity index (χ4v) is 6.93. The Morgan fingerprint density at radius 2 is 1.00 bits per heavy atom. The van der Waals surface area contributed by atoms with E-state index >= 15 is 0 Å². The summed E-state index contributed by atoms with van der Waals surface area (Å²) in [5.74, 6) is 14.0. The summed E-state index contributed by atoms with van der Waals surface area (Å²) in [6.45, 7) is 0. The van der Waals surface area contributed by atoms with Crippen molar-refractivity contribution >= 4 is 60.5 Å². The standard InChI is InChI=1S/C46H36N2/c1-47(2)40-25-11-31(12-26-40)5-7-33-9-15-35-17-19-37-21-23-39-24-22-38-20-18-36-16-10-34(8-6-32-13-27-41(28-14-32)48(3)4)30-43(36)45(38)46(39)44(37)42(35)29-33/h9-29,34H,30H2,1-4H3. The Hall–Kier alpha value is -5.96. The molecule has 0 saturated heterocycles. The maximum absolute atomic E-state index is 3.58. The Kier molecular flexibility index (Phi) is 7.36. The molecule has 2 nitrogen and oxygen atoms in total. The predicted octanol–water partition coefficient (Wildman–Crippen LogP) is 10.1. The zero-order valence-electron chi connectivity index (χ0n) is 27.8. The Labute approximate surface area is 282 Å². The van der Waals surface area contributed by atoms with E-state index in [1.54, 1.807) is 0 Å². The van der Waals surface area contributed by atoms with Crippen LogP contribution in [0.25, 0.3) is 49.2 Å². The van der Waals surface area contributed by atoms with Gasteiger partial charge in [0, 0.05) is 62.2 Å². The van der Waals surface area contributed by atoms with Crippen LogP contribution in [0.4, 0.5) is 11.4 Å². The number of hydrogen-bond acceptors (Lipinski definition) is 2. The van der Waals surface area contributed by atoms with Crippen molar-refractivity contribution in [3.63, 3.8) is 0 Å². The highest BCUT2D eigenvalue weighted by atomic mass is 15.1. The molecule has 1 aliphatic rings. The Bertz CT molecular complexity index is 2520. The summed E-state index contributed by atoms with van der Waals surface area (Å²) >= 11 is 0. The molecule has 8 rings (SSSR count). The van der Waals surface area contributed by atoms with Gasteiger partial charge in [0.25, 0.3) is 0 Å². The summed E-state index contributed by atoms with van der Waals surface area (Å²) in [4.78, 5) is 4.21. The van der Waals surface area contributed by atoms with Crippen LogP contribution in [0.15, 0.2) is 121 Å². The molecule has 0 amide bonds. The third kappa shape index (κ3) is 5.43. The normalized spacial score (nSPS) is 13.5. The maximum atomic E-state index is 3.58. The molecule has 0 aliphatic heterocycles. The number of benzene rings is 7. The van der Waals surface area contributed by atoms with Crippen LogP contribution < -0.4 is 9.80 Å². The summed E-state index contributed by atoms with van der Waals surface area (Å²) < 4.78 is 0. The topological polar surface area (TPSA) is 6.48 Å². The molecule has 0 heterocycles. The first-order chi connectivity index (χ1) is 23.4. The molecule has 1 aliphatic carbocycles. The van der Waals surface area contributed by atoms with E-state index in [9.17, 15) is 0 Å². The minimum atomic E-state index is 0.146. The molecule has 7 aromatic carbocycles. The Balaban J connectivity index is 1.26. The van der Waals surface area contributed by atoms with Gasteiger partial charge in [-0.05, 0) is 121 Å². The average molecular weight is 617 g/mol. The van der Waals surface area contributed by atoms with Crippen molar-refractivity contribution in [3.8, 4) is 23.7 Å². The number of allylic oxidation sites excluding steroid dienone is 1. The van der Waals surface area contributed by atoms with Crippen molar-refractivity contribution in [3.05, 3.63) is 149 Å². The summed E-state index contributed by atoms with van der Waals surface area (Å²) in [6.07, 6.45) is 5.43. The largest absolute Gasteiger partial charge is 0.378 e. The van der Waals surface area contributed by atoms with Gasteiger partial charge in [-0.15, -0.1) is 0 Å². The number of hydrogen-bond donors (Lipinski definition) is 0. The highest BCUT2D eigenvalue weighted by Crippen LogP contribution is 2.40. The van der Waals surface area contributed by atoms with Gasteiger partial charge in [0.15, 0.2) is 0 Å². The lowest BCUT2D eigenvalue weighted by Gasteiger charge is -2.20. The average Bonchev–Trinajstić information content (AvgIpc) is 3.12. The molecular weight excluding hydrogens is 581 g/mol. The second-order valence-electron chi connectivity index (χ2n) is 13.1. The van der Waals surface area contributed by atoms with Crippen LogP contribution in [-0.2, 0) is 6.42 Å². The van der Waals surface area contributed by atoms with Gasteiger partial charge in [0.1, 0.15) is 0 Å². The smallest absolute Gasteiger partial charge is 0.0430 e. The van der Waals surface area contributed by atoms with Gasteiger partial charge in [-0.25, -0.2) is 0 Å². The first kappa shape index (κ1) is 29.4. The molecule has 0 N–H and O–H groups in total. The fourth-order valence-electron chi connectivity index (χ4n) is 6.93. The van der Waals surface area contributed by atoms with Crippen molar-refractivity contribution in [2.45, 2.75) is 6.42 Å². The lowest BCUT2D eigenvalue weighted by molar-refractivity contribution is 0.830. The molecule has 0 bridgehead atoms. The first-order valence-corrected chi connectivity index (χ1v) is 16.5. The van der Waals surface area contributed by atoms with Gasteiger partial charge in [0.2, 0.25) is 0 Å². The molecule has 1 atom stereocenters. The van der Waals surface area contributed by atoms with E-state index in [2.05, 4.69) is 189 Å². The van der Waals surface area contributed by atoms with Crippen LogP contribution in [0.2, 0.25) is 0 Å². The monoisotopic (exact) mass is 616 g/mol. The van der Waals surface area contributed by atoms with Crippen LogP contribution in [0.3, 0.4) is 0 Å². The number of nitrogens with zero attached hydrogens (tertiary/aromatic N) is 2. The van der Waals surface area contributed by atoms with Gasteiger partial charge >= 0.3 is 0 Å². The van der Waals surface area contributed by atoms with Crippen molar-refractivity contribution < 1.29 is 0 Å². The van der Waals surface area contributed by atoms with Crippen molar-refractivity contribution in [2.75, 3.05) is 38.0 Å². The summed E-state index contributed by atoms with van der Waals surface area (Å²) in [6, 6.07) is 41.7. The fraction of sp³-hybridized carbons (Fsp3) is 0.130. The van der Waals surface area contributed by atoms with Gasteiger partial charge in [-0.3, -0.25) is 0 Å². The predicted molar refractivity (Wildman–Crippen MR) is 207 cm³/mol. The van der Waals surface area contributed by atoms with Crippen LogP contribution >= 0.6 is 0 Å². The summed E-state index contributed by atoms with van der Waals surface area (Å²) in [5, 5.41) is 10.2. The van der Waals surface area contributed by atoms with E-state index in [1.807, 2.05) is 0 Å². The third-order valence-corrected chi connectivity index (χ3v) is 9.56. The number of rotatable bonds is 2. The molecule has 0 fully saturated rings. The molecule has 1 unspecified atom stereocenters. The van der Waals surface area contributed by atoms with Crippen LogP contribution in [0, 0.1) is 29.6 Å². The lowest BCUT2D eigenvalue weighted by atomic mass is 9.83. The highest BCUT2D eigenvalue weighted by Gasteiger charge is 2.18. The van der Waals surface area contributed by atoms with E-state index in [0.717, 1.165) is 23.1 Å². The van der Waals surface area contributed by atoms with Crippen molar-refractivity contribution in [1.82, 2.24) is 0 Å². The van der Waals surface area contributed by atoms with E-state index in [4.69, 9.17) is 0 Å². The van der Waals surface area contributed by atoms with Crippen LogP contribution in [0.5, 0.6) is 0 Å². The molecule has 7 aromatic rings. The minimum Gasteiger partial charge on any atom is -0.378 e. The molecule has 0 saturated carbocycles. The quantitative estimate of drug-likeness (QED) is 0.141.